The van der Waals surface area contributed by atoms with E-state index in [4.69, 9.17) is 9.90 Å². The van der Waals surface area contributed by atoms with E-state index >= 15 is 0 Å². The molecule has 0 aromatic carbocycles. The monoisotopic (exact) mass is 124 g/mol. The number of rotatable bonds is 0. The van der Waals surface area contributed by atoms with E-state index in [-0.39, 0.29) is 104 Å². The minimum atomic E-state index is -0.500. The molecule has 0 aliphatic heterocycles. The van der Waals surface area contributed by atoms with Crippen molar-refractivity contribution in [3.05, 3.63) is 0 Å². The van der Waals surface area contributed by atoms with E-state index in [1.165, 1.54) is 0 Å². The molecular formula is CH2K2O2. The van der Waals surface area contributed by atoms with Gasteiger partial charge in [0, 0.05) is 6.47 Å². The van der Waals surface area contributed by atoms with E-state index in [1.54, 1.807) is 0 Å². The molecule has 5 heavy (non-hydrogen) atoms. The number of carbonyl (C=O) groups is 1. The van der Waals surface area contributed by atoms with Crippen LogP contribution in [0.5, 0.6) is 0 Å². The maximum atomic E-state index is 8.25. The molecule has 20 valence electrons. The fraction of sp³-hybridized carbons (Fsp3) is 0. The van der Waals surface area contributed by atoms with Crippen LogP contribution in [0.25, 0.3) is 0 Å². The predicted molar refractivity (Wildman–Crippen MR) is 7.18 cm³/mol. The van der Waals surface area contributed by atoms with Gasteiger partial charge in [0.15, 0.2) is 0 Å². The third-order valence-electron chi connectivity index (χ3n) is 0. The SMILES string of the molecule is O=C[O-].[H-].[K+].[K+]. The van der Waals surface area contributed by atoms with Gasteiger partial charge in [-0.05, 0) is 0 Å². The van der Waals surface area contributed by atoms with E-state index in [0.717, 1.165) is 0 Å². The largest absolute Gasteiger partial charge is 1.00 e. The van der Waals surface area contributed by atoms with Crippen molar-refractivity contribution in [1.82, 2.24) is 0 Å². The van der Waals surface area contributed by atoms with Gasteiger partial charge in [0.1, 0.15) is 0 Å². The first-order valence-corrected chi connectivity index (χ1v) is 0.471. The summed E-state index contributed by atoms with van der Waals surface area (Å²) in [5.74, 6) is 0. The summed E-state index contributed by atoms with van der Waals surface area (Å²) in [6, 6.07) is 0. The molecule has 0 aromatic rings. The molecule has 0 amide bonds. The molecule has 0 atom stereocenters. The van der Waals surface area contributed by atoms with Crippen LogP contribution >= 0.6 is 0 Å². The second-order valence-electron chi connectivity index (χ2n) is 0.0962. The Balaban J connectivity index is -0.00000000667. The zero-order valence-corrected chi connectivity index (χ0v) is 9.64. The first kappa shape index (κ1) is 15.6. The van der Waals surface area contributed by atoms with Crippen molar-refractivity contribution in [1.29, 1.82) is 0 Å². The summed E-state index contributed by atoms with van der Waals surface area (Å²) >= 11 is 0. The Morgan fingerprint density at radius 2 is 1.60 bits per heavy atom. The van der Waals surface area contributed by atoms with Gasteiger partial charge in [-0.2, -0.15) is 0 Å². The number of hydrogen-bond donors (Lipinski definition) is 0. The fourth-order valence-corrected chi connectivity index (χ4v) is 0. The average molecular weight is 124 g/mol. The molecule has 0 aromatic heterocycles. The molecule has 0 bridgehead atoms. The maximum Gasteiger partial charge on any atom is 1.00 e. The Morgan fingerprint density at radius 1 is 1.60 bits per heavy atom. The average Bonchev–Trinajstić information content (AvgIpc) is 0.918. The van der Waals surface area contributed by atoms with Crippen molar-refractivity contribution in [3.8, 4) is 0 Å². The quantitative estimate of drug-likeness (QED) is 0.238. The number of carbonyl (C=O) groups excluding carboxylic acids is 1. The molecule has 0 spiro atoms. The van der Waals surface area contributed by atoms with Gasteiger partial charge >= 0.3 is 103 Å². The van der Waals surface area contributed by atoms with Crippen LogP contribution in [-0.4, -0.2) is 6.47 Å². The summed E-state index contributed by atoms with van der Waals surface area (Å²) < 4.78 is 0. The topological polar surface area (TPSA) is 40.1 Å². The Morgan fingerprint density at radius 3 is 1.60 bits per heavy atom. The normalized spacial score (nSPS) is 2.40. The molecule has 4 heteroatoms. The molecule has 0 rings (SSSR count). The molecule has 0 aliphatic carbocycles. The first-order chi connectivity index (χ1) is 1.41. The van der Waals surface area contributed by atoms with Crippen molar-refractivity contribution in [2.75, 3.05) is 0 Å². The zero-order chi connectivity index (χ0) is 2.71. The fourth-order valence-electron chi connectivity index (χ4n) is 0. The van der Waals surface area contributed by atoms with E-state index in [2.05, 4.69) is 0 Å². The molecule has 0 radical (unpaired) electrons. The van der Waals surface area contributed by atoms with Crippen LogP contribution in [0, 0.1) is 0 Å². The minimum absolute atomic E-state index is 0. The zero-order valence-electron chi connectivity index (χ0n) is 4.39. The molecule has 0 saturated carbocycles. The third-order valence-corrected chi connectivity index (χ3v) is 0. The van der Waals surface area contributed by atoms with Crippen LogP contribution in [0.4, 0.5) is 0 Å². The summed E-state index contributed by atoms with van der Waals surface area (Å²) in [6.07, 6.45) is 0. The molecule has 0 saturated heterocycles. The van der Waals surface area contributed by atoms with Crippen LogP contribution in [0.3, 0.4) is 0 Å². The van der Waals surface area contributed by atoms with Crippen molar-refractivity contribution in [2.45, 2.75) is 0 Å². The second kappa shape index (κ2) is 15.9. The summed E-state index contributed by atoms with van der Waals surface area (Å²) in [7, 11) is 0. The molecule has 0 unspecified atom stereocenters. The predicted octanol–water partition coefficient (Wildman–Crippen LogP) is -7.51. The molecule has 0 N–H and O–H groups in total. The molecule has 0 aliphatic rings. The van der Waals surface area contributed by atoms with E-state index < -0.39 is 6.47 Å². The maximum absolute atomic E-state index is 8.25. The standard InChI is InChI=1S/CH2O2.2K.H/c2-1-3;;;/h1H,(H,2,3);;;/q;2*+1;-1/p-1. The van der Waals surface area contributed by atoms with Gasteiger partial charge in [-0.15, -0.1) is 0 Å². The van der Waals surface area contributed by atoms with Gasteiger partial charge in [0.2, 0.25) is 0 Å². The summed E-state index contributed by atoms with van der Waals surface area (Å²) in [4.78, 5) is 8.25. The Labute approximate surface area is 117 Å². The summed E-state index contributed by atoms with van der Waals surface area (Å²) in [5, 5.41) is 8.25. The summed E-state index contributed by atoms with van der Waals surface area (Å²) in [6.45, 7) is -0.500. The van der Waals surface area contributed by atoms with Gasteiger partial charge in [-0.25, -0.2) is 0 Å². The molecule has 0 heterocycles. The van der Waals surface area contributed by atoms with Gasteiger partial charge in [0.05, 0.1) is 0 Å². The second-order valence-corrected chi connectivity index (χ2v) is 0.0962. The van der Waals surface area contributed by atoms with Crippen LogP contribution in [0.15, 0.2) is 0 Å². The van der Waals surface area contributed by atoms with Crippen LogP contribution in [0.1, 0.15) is 1.43 Å². The van der Waals surface area contributed by atoms with Crippen molar-refractivity contribution < 1.29 is 114 Å². The van der Waals surface area contributed by atoms with Crippen molar-refractivity contribution >= 4 is 6.47 Å². The Hall–Kier alpha value is 2.74. The van der Waals surface area contributed by atoms with Gasteiger partial charge in [-0.1, -0.05) is 0 Å². The molecule has 0 fully saturated rings. The van der Waals surface area contributed by atoms with Crippen LogP contribution in [-0.2, 0) is 4.79 Å². The smallest absolute Gasteiger partial charge is 1.00 e. The Bertz CT molecular complexity index is 19.0. The van der Waals surface area contributed by atoms with Crippen molar-refractivity contribution in [3.63, 3.8) is 0 Å². The van der Waals surface area contributed by atoms with Crippen LogP contribution in [0.2, 0.25) is 0 Å². The van der Waals surface area contributed by atoms with Crippen molar-refractivity contribution in [2.24, 2.45) is 0 Å². The van der Waals surface area contributed by atoms with Gasteiger partial charge < -0.3 is 11.3 Å². The minimum Gasteiger partial charge on any atom is -1.00 e. The van der Waals surface area contributed by atoms with Gasteiger partial charge in [0.25, 0.3) is 0 Å². The summed E-state index contributed by atoms with van der Waals surface area (Å²) in [5.41, 5.74) is 0. The number of carboxylic acid groups (broad SMARTS) is 1. The van der Waals surface area contributed by atoms with E-state index in [9.17, 15) is 0 Å². The number of hydrogen-bond acceptors (Lipinski definition) is 2. The van der Waals surface area contributed by atoms with E-state index in [0.29, 0.717) is 0 Å². The Kier molecular flexibility index (Phi) is 49.7. The third kappa shape index (κ3) is 20.2. The first-order valence-electron chi connectivity index (χ1n) is 0.471. The van der Waals surface area contributed by atoms with E-state index in [1.807, 2.05) is 0 Å². The van der Waals surface area contributed by atoms with Crippen LogP contribution < -0.4 is 108 Å². The molecule has 2 nitrogen and oxygen atoms in total. The molecular weight excluding hydrogens is 122 g/mol. The van der Waals surface area contributed by atoms with Gasteiger partial charge in [-0.3, -0.25) is 0 Å².